The maximum Gasteiger partial charge on any atom is 0.253 e. The predicted octanol–water partition coefficient (Wildman–Crippen LogP) is 2.52. The summed E-state index contributed by atoms with van der Waals surface area (Å²) >= 11 is 0. The quantitative estimate of drug-likeness (QED) is 0.660. The molecule has 0 unspecified atom stereocenters. The number of para-hydroxylation sites is 1. The van der Waals surface area contributed by atoms with Crippen LogP contribution in [0.5, 0.6) is 5.75 Å². The van der Waals surface area contributed by atoms with Gasteiger partial charge in [0.2, 0.25) is 5.91 Å². The van der Waals surface area contributed by atoms with Gasteiger partial charge in [-0.15, -0.1) is 0 Å². The highest BCUT2D eigenvalue weighted by Gasteiger charge is 2.25. The van der Waals surface area contributed by atoms with Crippen molar-refractivity contribution in [1.82, 2.24) is 14.7 Å². The molecule has 35 heavy (non-hydrogen) atoms. The Morgan fingerprint density at radius 2 is 1.51 bits per heavy atom. The number of primary amides is 1. The summed E-state index contributed by atoms with van der Waals surface area (Å²) in [6, 6.07) is 14.2. The van der Waals surface area contributed by atoms with Crippen molar-refractivity contribution in [2.45, 2.75) is 32.3 Å². The van der Waals surface area contributed by atoms with E-state index in [1.807, 2.05) is 28.0 Å². The van der Waals surface area contributed by atoms with E-state index in [1.54, 1.807) is 30.3 Å². The number of carbonyl (C=O) groups excluding carboxylic acids is 3. The molecule has 2 aromatic carbocycles. The highest BCUT2D eigenvalue weighted by molar-refractivity contribution is 5.95. The first kappa shape index (κ1) is 24.7. The van der Waals surface area contributed by atoms with Gasteiger partial charge in [0, 0.05) is 44.8 Å². The lowest BCUT2D eigenvalue weighted by molar-refractivity contribution is -0.132. The molecule has 0 bridgehead atoms. The van der Waals surface area contributed by atoms with Crippen LogP contribution in [0.25, 0.3) is 0 Å². The first-order chi connectivity index (χ1) is 17.0. The summed E-state index contributed by atoms with van der Waals surface area (Å²) in [5.41, 5.74) is 7.17. The first-order valence-corrected chi connectivity index (χ1v) is 12.4. The molecule has 186 valence electrons. The molecule has 2 fully saturated rings. The Balaban J connectivity index is 1.29. The molecule has 2 aliphatic heterocycles. The molecule has 0 aromatic heterocycles. The van der Waals surface area contributed by atoms with Gasteiger partial charge in [-0.2, -0.15) is 0 Å². The summed E-state index contributed by atoms with van der Waals surface area (Å²) in [6.07, 6.45) is 4.60. The highest BCUT2D eigenvalue weighted by atomic mass is 16.5. The fourth-order valence-corrected chi connectivity index (χ4v) is 4.65. The van der Waals surface area contributed by atoms with Gasteiger partial charge in [-0.1, -0.05) is 37.1 Å². The monoisotopic (exact) mass is 478 g/mol. The van der Waals surface area contributed by atoms with E-state index in [2.05, 4.69) is 4.90 Å². The van der Waals surface area contributed by atoms with Crippen molar-refractivity contribution >= 4 is 17.7 Å². The molecule has 2 N–H and O–H groups in total. The predicted molar refractivity (Wildman–Crippen MR) is 133 cm³/mol. The number of amides is 3. The number of likely N-dealkylation sites (tertiary alicyclic amines) is 1. The van der Waals surface area contributed by atoms with Gasteiger partial charge in [-0.05, 0) is 42.7 Å². The zero-order valence-electron chi connectivity index (χ0n) is 20.2. The van der Waals surface area contributed by atoms with Gasteiger partial charge in [0.05, 0.1) is 12.1 Å². The number of ether oxygens (including phenoxy) is 1. The Morgan fingerprint density at radius 1 is 0.800 bits per heavy atom. The zero-order chi connectivity index (χ0) is 24.6. The third kappa shape index (κ3) is 6.60. The van der Waals surface area contributed by atoms with Crippen LogP contribution >= 0.6 is 0 Å². The van der Waals surface area contributed by atoms with Crippen LogP contribution in [0.4, 0.5) is 0 Å². The van der Waals surface area contributed by atoms with E-state index in [9.17, 15) is 14.4 Å². The second-order valence-electron chi connectivity index (χ2n) is 9.21. The van der Waals surface area contributed by atoms with Gasteiger partial charge in [0.1, 0.15) is 12.4 Å². The SMILES string of the molecule is NC(=O)c1ccccc1OCc1cccc(C(=O)N2CCN(CC(=O)N3CCCCCC3)CC2)c1. The standard InChI is InChI=1S/C27H34N4O4/c28-26(33)23-10-3-4-11-24(23)35-20-21-8-7-9-22(18-21)27(34)31-16-14-29(15-17-31)19-25(32)30-12-5-1-2-6-13-30/h3-4,7-11,18H,1-2,5-6,12-17,19-20H2,(H2,28,33). The second-order valence-corrected chi connectivity index (χ2v) is 9.21. The molecule has 2 saturated heterocycles. The number of piperazine rings is 1. The third-order valence-electron chi connectivity index (χ3n) is 6.70. The van der Waals surface area contributed by atoms with Gasteiger partial charge in [-0.25, -0.2) is 0 Å². The van der Waals surface area contributed by atoms with Gasteiger partial charge < -0.3 is 20.3 Å². The van der Waals surface area contributed by atoms with Crippen molar-refractivity contribution < 1.29 is 19.1 Å². The maximum absolute atomic E-state index is 13.1. The fourth-order valence-electron chi connectivity index (χ4n) is 4.65. The van der Waals surface area contributed by atoms with Crippen LogP contribution in [0.3, 0.4) is 0 Å². The highest BCUT2D eigenvalue weighted by Crippen LogP contribution is 2.20. The van der Waals surface area contributed by atoms with Crippen molar-refractivity contribution in [3.05, 3.63) is 65.2 Å². The maximum atomic E-state index is 13.1. The summed E-state index contributed by atoms with van der Waals surface area (Å²) in [6.45, 7) is 4.96. The molecule has 2 heterocycles. The van der Waals surface area contributed by atoms with E-state index < -0.39 is 5.91 Å². The Bertz CT molecular complexity index is 1040. The fraction of sp³-hybridized carbons (Fsp3) is 0.444. The second kappa shape index (κ2) is 11.8. The first-order valence-electron chi connectivity index (χ1n) is 12.4. The largest absolute Gasteiger partial charge is 0.488 e. The van der Waals surface area contributed by atoms with E-state index >= 15 is 0 Å². The van der Waals surface area contributed by atoms with Crippen LogP contribution in [0.1, 0.15) is 52.0 Å². The molecular formula is C27H34N4O4. The van der Waals surface area contributed by atoms with Crippen molar-refractivity contribution in [3.8, 4) is 5.75 Å². The summed E-state index contributed by atoms with van der Waals surface area (Å²) in [5.74, 6) is 0.0551. The topological polar surface area (TPSA) is 96.2 Å². The van der Waals surface area contributed by atoms with Crippen LogP contribution in [0.15, 0.2) is 48.5 Å². The van der Waals surface area contributed by atoms with Crippen molar-refractivity contribution in [2.24, 2.45) is 5.73 Å². The van der Waals surface area contributed by atoms with Crippen LogP contribution in [0, 0.1) is 0 Å². The number of nitrogens with zero attached hydrogens (tertiary/aromatic N) is 3. The lowest BCUT2D eigenvalue weighted by Gasteiger charge is -2.35. The Labute approximate surface area is 206 Å². The Hall–Kier alpha value is -3.39. The van der Waals surface area contributed by atoms with E-state index in [-0.39, 0.29) is 18.4 Å². The number of carbonyl (C=O) groups is 3. The molecule has 3 amide bonds. The van der Waals surface area contributed by atoms with E-state index in [0.717, 1.165) is 31.5 Å². The smallest absolute Gasteiger partial charge is 0.253 e. The van der Waals surface area contributed by atoms with Crippen LogP contribution in [0.2, 0.25) is 0 Å². The Kier molecular flexibility index (Phi) is 8.36. The molecule has 0 aliphatic carbocycles. The van der Waals surface area contributed by atoms with Gasteiger partial charge in [-0.3, -0.25) is 19.3 Å². The van der Waals surface area contributed by atoms with Crippen molar-refractivity contribution in [1.29, 1.82) is 0 Å². The summed E-state index contributed by atoms with van der Waals surface area (Å²) in [5, 5.41) is 0. The lowest BCUT2D eigenvalue weighted by atomic mass is 10.1. The van der Waals surface area contributed by atoms with Crippen LogP contribution in [-0.4, -0.2) is 78.2 Å². The minimum absolute atomic E-state index is 0.0251. The van der Waals surface area contributed by atoms with Crippen LogP contribution < -0.4 is 10.5 Å². The molecule has 0 saturated carbocycles. The summed E-state index contributed by atoms with van der Waals surface area (Å²) in [4.78, 5) is 43.4. The molecule has 8 nitrogen and oxygen atoms in total. The zero-order valence-corrected chi connectivity index (χ0v) is 20.2. The van der Waals surface area contributed by atoms with Crippen molar-refractivity contribution in [3.63, 3.8) is 0 Å². The molecular weight excluding hydrogens is 444 g/mol. The van der Waals surface area contributed by atoms with E-state index in [1.165, 1.54) is 12.8 Å². The average molecular weight is 479 g/mol. The Morgan fingerprint density at radius 3 is 2.23 bits per heavy atom. The number of nitrogens with two attached hydrogens (primary N) is 1. The molecule has 4 rings (SSSR count). The van der Waals surface area contributed by atoms with E-state index in [0.29, 0.717) is 49.6 Å². The number of rotatable bonds is 7. The van der Waals surface area contributed by atoms with Crippen LogP contribution in [-0.2, 0) is 11.4 Å². The van der Waals surface area contributed by atoms with Crippen molar-refractivity contribution in [2.75, 3.05) is 45.8 Å². The van der Waals surface area contributed by atoms with Gasteiger partial charge >= 0.3 is 0 Å². The summed E-state index contributed by atoms with van der Waals surface area (Å²) in [7, 11) is 0. The molecule has 0 atom stereocenters. The van der Waals surface area contributed by atoms with Gasteiger partial charge in [0.15, 0.2) is 0 Å². The molecule has 2 aromatic rings. The van der Waals surface area contributed by atoms with Gasteiger partial charge in [0.25, 0.3) is 11.8 Å². The molecule has 2 aliphatic rings. The summed E-state index contributed by atoms with van der Waals surface area (Å²) < 4.78 is 5.81. The van der Waals surface area contributed by atoms with E-state index in [4.69, 9.17) is 10.5 Å². The molecule has 0 radical (unpaired) electrons. The lowest BCUT2D eigenvalue weighted by Crippen LogP contribution is -2.51. The number of hydrogen-bond donors (Lipinski definition) is 1. The average Bonchev–Trinajstić information content (AvgIpc) is 3.18. The minimum Gasteiger partial charge on any atom is -0.488 e. The third-order valence-corrected chi connectivity index (χ3v) is 6.70. The molecule has 0 spiro atoms. The molecule has 8 heteroatoms. The normalized spacial score (nSPS) is 17.0. The number of hydrogen-bond acceptors (Lipinski definition) is 5. The number of benzene rings is 2. The minimum atomic E-state index is -0.545.